The van der Waals surface area contributed by atoms with Crippen LogP contribution in [-0.4, -0.2) is 80.3 Å². The van der Waals surface area contributed by atoms with Crippen molar-refractivity contribution in [1.29, 1.82) is 0 Å². The van der Waals surface area contributed by atoms with Gasteiger partial charge in [0.2, 0.25) is 23.6 Å². The minimum Gasteiger partial charge on any atom is -0.359 e. The lowest BCUT2D eigenvalue weighted by Crippen LogP contribution is -2.54. The average molecular weight is 811 g/mol. The van der Waals surface area contributed by atoms with E-state index in [0.717, 1.165) is 19.3 Å². The molecule has 5 atom stereocenters. The first-order chi connectivity index (χ1) is 27.8. The highest BCUT2D eigenvalue weighted by Gasteiger charge is 2.33. The van der Waals surface area contributed by atoms with Crippen LogP contribution in [0, 0.1) is 23.7 Å². The molecule has 2 rings (SSSR count). The van der Waals surface area contributed by atoms with Gasteiger partial charge in [0.15, 0.2) is 11.6 Å². The fourth-order valence-electron chi connectivity index (χ4n) is 7.15. The van der Waals surface area contributed by atoms with Crippen molar-refractivity contribution in [1.82, 2.24) is 41.2 Å². The maximum atomic E-state index is 13.8. The molecule has 0 aliphatic carbocycles. The van der Waals surface area contributed by atoms with Gasteiger partial charge in [0.05, 0.1) is 30.7 Å². The minimum atomic E-state index is -0.999. The first-order valence-corrected chi connectivity index (χ1v) is 21.9. The van der Waals surface area contributed by atoms with Gasteiger partial charge in [-0.25, -0.2) is 9.97 Å². The van der Waals surface area contributed by atoms with Crippen molar-refractivity contribution in [2.75, 3.05) is 7.05 Å². The number of aromatic nitrogens is 4. The van der Waals surface area contributed by atoms with E-state index in [1.807, 2.05) is 27.7 Å². The number of aromatic amines is 2. The second-order valence-electron chi connectivity index (χ2n) is 16.7. The van der Waals surface area contributed by atoms with Crippen LogP contribution in [0.4, 0.5) is 0 Å². The zero-order chi connectivity index (χ0) is 42.9. The van der Waals surface area contributed by atoms with Crippen LogP contribution in [0.3, 0.4) is 0 Å². The van der Waals surface area contributed by atoms with Gasteiger partial charge in [-0.05, 0) is 18.3 Å². The summed E-state index contributed by atoms with van der Waals surface area (Å²) in [6, 6.07) is -2.73. The second kappa shape index (κ2) is 28.1. The molecule has 0 aromatic carbocycles. The minimum absolute atomic E-state index is 0.0968. The van der Waals surface area contributed by atoms with Crippen molar-refractivity contribution in [3.05, 3.63) is 36.4 Å². The van der Waals surface area contributed by atoms with Crippen LogP contribution in [0.2, 0.25) is 0 Å². The molecule has 2 aromatic heterocycles. The summed E-state index contributed by atoms with van der Waals surface area (Å²) in [5.74, 6) is -4.15. The quantitative estimate of drug-likeness (QED) is 0.0476. The number of hydrogen-bond acceptors (Lipinski definition) is 8. The Kier molecular flexibility index (Phi) is 24.1. The van der Waals surface area contributed by atoms with Crippen LogP contribution < -0.4 is 21.3 Å². The maximum Gasteiger partial charge on any atom is 0.243 e. The highest BCUT2D eigenvalue weighted by molar-refractivity contribution is 5.96. The van der Waals surface area contributed by atoms with Gasteiger partial charge >= 0.3 is 0 Å². The number of nitrogens with one attached hydrogen (secondary N) is 6. The van der Waals surface area contributed by atoms with Crippen LogP contribution in [-0.2, 0) is 41.6 Å². The number of imidazole rings is 2. The number of amides is 4. The Balaban J connectivity index is 1.94. The lowest BCUT2D eigenvalue weighted by molar-refractivity contribution is -0.135. The van der Waals surface area contributed by atoms with Crippen molar-refractivity contribution in [3.63, 3.8) is 0 Å². The van der Waals surface area contributed by atoms with Crippen molar-refractivity contribution >= 4 is 35.2 Å². The first-order valence-electron chi connectivity index (χ1n) is 21.9. The number of carbonyl (C=O) groups is 6. The summed E-state index contributed by atoms with van der Waals surface area (Å²) in [5.41, 5.74) is 1.33. The molecule has 0 fully saturated rings. The summed E-state index contributed by atoms with van der Waals surface area (Å²) in [7, 11) is 1.51. The summed E-state index contributed by atoms with van der Waals surface area (Å²) in [6.07, 6.45) is 22.3. The Morgan fingerprint density at radius 2 is 1.10 bits per heavy atom. The zero-order valence-corrected chi connectivity index (χ0v) is 36.4. The van der Waals surface area contributed by atoms with Crippen molar-refractivity contribution < 1.29 is 28.8 Å². The first kappa shape index (κ1) is 49.8. The van der Waals surface area contributed by atoms with Crippen LogP contribution in [0.5, 0.6) is 0 Å². The number of nitrogens with zero attached hydrogens (tertiary/aromatic N) is 2. The molecule has 14 heteroatoms. The highest BCUT2D eigenvalue weighted by Crippen LogP contribution is 2.18. The van der Waals surface area contributed by atoms with E-state index in [1.165, 1.54) is 83.9 Å². The molecule has 0 saturated heterocycles. The normalized spacial score (nSPS) is 14.0. The number of ketones is 2. The summed E-state index contributed by atoms with van der Waals surface area (Å²) in [5, 5.41) is 11.2. The molecule has 6 N–H and O–H groups in total. The number of hydrogen-bond donors (Lipinski definition) is 6. The summed E-state index contributed by atoms with van der Waals surface area (Å²) < 4.78 is 0. The molecule has 2 aromatic rings. The third-order valence-corrected chi connectivity index (χ3v) is 10.8. The van der Waals surface area contributed by atoms with E-state index < -0.39 is 41.8 Å². The molecule has 0 spiro atoms. The van der Waals surface area contributed by atoms with E-state index >= 15 is 0 Å². The molecule has 4 amide bonds. The molecule has 0 saturated carbocycles. The van der Waals surface area contributed by atoms with E-state index in [0.29, 0.717) is 17.8 Å². The number of rotatable bonds is 32. The van der Waals surface area contributed by atoms with Crippen molar-refractivity contribution in [2.24, 2.45) is 23.7 Å². The van der Waals surface area contributed by atoms with Gasteiger partial charge in [-0.2, -0.15) is 0 Å². The second-order valence-corrected chi connectivity index (χ2v) is 16.7. The Morgan fingerprint density at radius 3 is 1.59 bits per heavy atom. The molecule has 0 unspecified atom stereocenters. The smallest absolute Gasteiger partial charge is 0.243 e. The molecule has 0 aliphatic rings. The Morgan fingerprint density at radius 1 is 0.586 bits per heavy atom. The van der Waals surface area contributed by atoms with Crippen molar-refractivity contribution in [3.8, 4) is 0 Å². The van der Waals surface area contributed by atoms with E-state index in [9.17, 15) is 28.8 Å². The predicted octanol–water partition coefficient (Wildman–Crippen LogP) is 6.08. The topological polar surface area (TPSA) is 208 Å². The SMILES string of the molecule is CCCCCCCCCCCCCCCC(=O)N[C@H](C(=O)N[C@@H](Cc1cnc[nH]1)C(=O)C[C@@H](C)C(=O)N[C@H](C(=O)C[C@@H](Cc1cnc[nH]1)C(=O)NC)C(C)C)C(C)C. The van der Waals surface area contributed by atoms with Gasteiger partial charge in [0.1, 0.15) is 6.04 Å². The van der Waals surface area contributed by atoms with E-state index in [2.05, 4.69) is 48.1 Å². The largest absolute Gasteiger partial charge is 0.359 e. The molecule has 0 aliphatic heterocycles. The van der Waals surface area contributed by atoms with Gasteiger partial charge in [0, 0.05) is 68.9 Å². The zero-order valence-electron chi connectivity index (χ0n) is 36.4. The standard InChI is InChI=1S/C44H74N8O6/c1-8-9-10-11-12-13-14-15-16-17-18-19-20-21-39(55)51-41(31(4)5)44(58)50-36(25-35-27-47-29-49-35)37(53)22-32(6)42(56)52-40(30(2)3)38(54)24-33(43(57)45-7)23-34-26-46-28-48-34/h26-33,36,40-41H,8-25H2,1-7H3,(H,45,57)(H,46,48)(H,47,49)(H,50,58)(H,51,55)(H,52,56)/t32-,33-,36+,40+,41+/m1/s1. The third-order valence-electron chi connectivity index (χ3n) is 10.8. The summed E-state index contributed by atoms with van der Waals surface area (Å²) in [6.45, 7) is 11.1. The van der Waals surface area contributed by atoms with E-state index in [-0.39, 0.29) is 60.9 Å². The van der Waals surface area contributed by atoms with Crippen LogP contribution in [0.25, 0.3) is 0 Å². The molecule has 0 bridgehead atoms. The number of carbonyl (C=O) groups excluding carboxylic acids is 6. The molecule has 326 valence electrons. The molecular weight excluding hydrogens is 737 g/mol. The van der Waals surface area contributed by atoms with Crippen LogP contribution in [0.1, 0.15) is 156 Å². The summed E-state index contributed by atoms with van der Waals surface area (Å²) in [4.78, 5) is 94.1. The van der Waals surface area contributed by atoms with E-state index in [4.69, 9.17) is 0 Å². The molecule has 58 heavy (non-hydrogen) atoms. The van der Waals surface area contributed by atoms with Gasteiger partial charge in [-0.1, -0.05) is 119 Å². The van der Waals surface area contributed by atoms with Crippen molar-refractivity contribution in [2.45, 2.75) is 175 Å². The lowest BCUT2D eigenvalue weighted by Gasteiger charge is -2.27. The number of unbranched alkanes of at least 4 members (excludes halogenated alkanes) is 12. The number of H-pyrrole nitrogens is 2. The van der Waals surface area contributed by atoms with Gasteiger partial charge in [-0.15, -0.1) is 0 Å². The third kappa shape index (κ3) is 19.4. The number of Topliss-reactive ketones (excluding diaryl/α,β-unsaturated/α-hetero) is 2. The predicted molar refractivity (Wildman–Crippen MR) is 226 cm³/mol. The molecule has 0 radical (unpaired) electrons. The van der Waals surface area contributed by atoms with Gasteiger partial charge < -0.3 is 31.2 Å². The fraction of sp³-hybridized carbons (Fsp3) is 0.727. The molecular formula is C44H74N8O6. The Labute approximate surface area is 346 Å². The Hall–Kier alpha value is -4.36. The molecule has 14 nitrogen and oxygen atoms in total. The van der Waals surface area contributed by atoms with Crippen LogP contribution >= 0.6 is 0 Å². The fourth-order valence-corrected chi connectivity index (χ4v) is 7.15. The lowest BCUT2D eigenvalue weighted by atomic mass is 9.89. The highest BCUT2D eigenvalue weighted by atomic mass is 16.2. The molecule has 2 heterocycles. The average Bonchev–Trinajstić information content (AvgIpc) is 3.91. The monoisotopic (exact) mass is 811 g/mol. The maximum absolute atomic E-state index is 13.8. The van der Waals surface area contributed by atoms with Gasteiger partial charge in [-0.3, -0.25) is 28.8 Å². The van der Waals surface area contributed by atoms with Crippen LogP contribution in [0.15, 0.2) is 25.0 Å². The summed E-state index contributed by atoms with van der Waals surface area (Å²) >= 11 is 0. The van der Waals surface area contributed by atoms with Gasteiger partial charge in [0.25, 0.3) is 0 Å². The van der Waals surface area contributed by atoms with E-state index in [1.54, 1.807) is 19.3 Å². The Bertz CT molecular complexity index is 1490.